The van der Waals surface area contributed by atoms with Crippen molar-refractivity contribution in [3.63, 3.8) is 0 Å². The van der Waals surface area contributed by atoms with Crippen molar-refractivity contribution in [1.82, 2.24) is 4.90 Å². The van der Waals surface area contributed by atoms with E-state index in [1.807, 2.05) is 0 Å². The zero-order chi connectivity index (χ0) is 20.5. The minimum Gasteiger partial charge on any atom is -0.486 e. The Bertz CT molecular complexity index is 1040. The minimum absolute atomic E-state index is 0.182. The number of benzene rings is 2. The average molecular weight is 393 g/mol. The molecule has 2 heterocycles. The SMILES string of the molecule is CC(=O)Nc1ccc(C2=C(Nc3ccc4c(c3)OCCO4)C(=O)N(C)C2=O)cc1. The number of hydrogen-bond donors (Lipinski definition) is 2. The third-order valence-electron chi connectivity index (χ3n) is 4.59. The van der Waals surface area contributed by atoms with Gasteiger partial charge in [0.25, 0.3) is 11.8 Å². The lowest BCUT2D eigenvalue weighted by Crippen LogP contribution is -2.27. The Kier molecular flexibility index (Phi) is 4.67. The lowest BCUT2D eigenvalue weighted by molar-refractivity contribution is -0.135. The maximum Gasteiger partial charge on any atom is 0.277 e. The van der Waals surface area contributed by atoms with Gasteiger partial charge in [0.1, 0.15) is 18.9 Å². The van der Waals surface area contributed by atoms with Crippen molar-refractivity contribution in [2.24, 2.45) is 0 Å². The number of imide groups is 1. The van der Waals surface area contributed by atoms with Gasteiger partial charge in [0.05, 0.1) is 5.57 Å². The summed E-state index contributed by atoms with van der Waals surface area (Å²) in [6.45, 7) is 2.35. The van der Waals surface area contributed by atoms with Crippen LogP contribution in [0.5, 0.6) is 11.5 Å². The van der Waals surface area contributed by atoms with E-state index in [1.54, 1.807) is 42.5 Å². The second kappa shape index (κ2) is 7.31. The number of carbonyl (C=O) groups excluding carboxylic acids is 3. The molecule has 4 rings (SSSR count). The Balaban J connectivity index is 1.69. The van der Waals surface area contributed by atoms with Crippen LogP contribution in [-0.2, 0) is 14.4 Å². The fraction of sp³-hybridized carbons (Fsp3) is 0.190. The first kappa shape index (κ1) is 18.5. The lowest BCUT2D eigenvalue weighted by atomic mass is 10.0. The molecule has 0 aromatic heterocycles. The van der Waals surface area contributed by atoms with Crippen LogP contribution in [0.4, 0.5) is 11.4 Å². The molecule has 0 radical (unpaired) electrons. The van der Waals surface area contributed by atoms with Crippen molar-refractivity contribution in [2.75, 3.05) is 30.9 Å². The molecule has 3 amide bonds. The summed E-state index contributed by atoms with van der Waals surface area (Å²) in [7, 11) is 1.44. The molecule has 2 aliphatic rings. The first-order chi connectivity index (χ1) is 13.9. The number of amides is 3. The molecular weight excluding hydrogens is 374 g/mol. The molecule has 8 nitrogen and oxygen atoms in total. The van der Waals surface area contributed by atoms with Gasteiger partial charge in [-0.05, 0) is 29.8 Å². The van der Waals surface area contributed by atoms with Gasteiger partial charge in [0, 0.05) is 31.4 Å². The molecule has 0 atom stereocenters. The van der Waals surface area contributed by atoms with Gasteiger partial charge < -0.3 is 20.1 Å². The van der Waals surface area contributed by atoms with Crippen LogP contribution < -0.4 is 20.1 Å². The summed E-state index contributed by atoms with van der Waals surface area (Å²) in [5.74, 6) is 0.196. The van der Waals surface area contributed by atoms with E-state index in [-0.39, 0.29) is 17.2 Å². The highest BCUT2D eigenvalue weighted by molar-refractivity contribution is 6.36. The van der Waals surface area contributed by atoms with E-state index >= 15 is 0 Å². The molecule has 2 N–H and O–H groups in total. The maximum absolute atomic E-state index is 12.7. The topological polar surface area (TPSA) is 97.0 Å². The van der Waals surface area contributed by atoms with Gasteiger partial charge in [-0.2, -0.15) is 0 Å². The number of nitrogens with zero attached hydrogens (tertiary/aromatic N) is 1. The van der Waals surface area contributed by atoms with Gasteiger partial charge >= 0.3 is 0 Å². The van der Waals surface area contributed by atoms with Gasteiger partial charge in [0.2, 0.25) is 5.91 Å². The maximum atomic E-state index is 12.7. The van der Waals surface area contributed by atoms with Gasteiger partial charge in [-0.25, -0.2) is 0 Å². The van der Waals surface area contributed by atoms with E-state index in [1.165, 1.54) is 14.0 Å². The molecular formula is C21H19N3O5. The Morgan fingerprint density at radius 3 is 2.28 bits per heavy atom. The minimum atomic E-state index is -0.425. The number of hydrogen-bond acceptors (Lipinski definition) is 6. The molecule has 0 fully saturated rings. The molecule has 0 saturated carbocycles. The summed E-state index contributed by atoms with van der Waals surface area (Å²) in [4.78, 5) is 37.6. The quantitative estimate of drug-likeness (QED) is 0.774. The highest BCUT2D eigenvalue weighted by atomic mass is 16.6. The fourth-order valence-corrected chi connectivity index (χ4v) is 3.21. The van der Waals surface area contributed by atoms with Crippen molar-refractivity contribution in [1.29, 1.82) is 0 Å². The second-order valence-electron chi connectivity index (χ2n) is 6.66. The molecule has 29 heavy (non-hydrogen) atoms. The molecule has 8 heteroatoms. The number of likely N-dealkylation sites (N-methyl/N-ethyl adjacent to an activating group) is 1. The van der Waals surface area contributed by atoms with Gasteiger partial charge in [-0.3, -0.25) is 19.3 Å². The summed E-state index contributed by atoms with van der Waals surface area (Å²) < 4.78 is 11.1. The lowest BCUT2D eigenvalue weighted by Gasteiger charge is -2.19. The highest BCUT2D eigenvalue weighted by Crippen LogP contribution is 2.35. The van der Waals surface area contributed by atoms with E-state index in [0.29, 0.717) is 41.7 Å². The Morgan fingerprint density at radius 2 is 1.59 bits per heavy atom. The number of fused-ring (bicyclic) bond motifs is 1. The Labute approximate surface area is 167 Å². The number of anilines is 2. The van der Waals surface area contributed by atoms with Crippen LogP contribution in [0.15, 0.2) is 48.2 Å². The van der Waals surface area contributed by atoms with Crippen molar-refractivity contribution in [3.8, 4) is 11.5 Å². The predicted octanol–water partition coefficient (Wildman–Crippen LogP) is 2.24. The Morgan fingerprint density at radius 1 is 0.931 bits per heavy atom. The van der Waals surface area contributed by atoms with Crippen molar-refractivity contribution < 1.29 is 23.9 Å². The van der Waals surface area contributed by atoms with Crippen molar-refractivity contribution in [2.45, 2.75) is 6.92 Å². The number of rotatable bonds is 4. The van der Waals surface area contributed by atoms with Crippen molar-refractivity contribution in [3.05, 3.63) is 53.7 Å². The molecule has 0 saturated heterocycles. The third kappa shape index (κ3) is 3.52. The highest BCUT2D eigenvalue weighted by Gasteiger charge is 2.36. The predicted molar refractivity (Wildman–Crippen MR) is 106 cm³/mol. The molecule has 0 spiro atoms. The zero-order valence-corrected chi connectivity index (χ0v) is 15.9. The largest absolute Gasteiger partial charge is 0.486 e. The van der Waals surface area contributed by atoms with Crippen molar-refractivity contribution >= 4 is 34.7 Å². The molecule has 0 aliphatic carbocycles. The third-order valence-corrected chi connectivity index (χ3v) is 4.59. The van der Waals surface area contributed by atoms with Gasteiger partial charge in [-0.15, -0.1) is 0 Å². The average Bonchev–Trinajstić information content (AvgIpc) is 2.92. The first-order valence-corrected chi connectivity index (χ1v) is 9.05. The monoisotopic (exact) mass is 393 g/mol. The molecule has 148 valence electrons. The fourth-order valence-electron chi connectivity index (χ4n) is 3.21. The van der Waals surface area contributed by atoms with Crippen LogP contribution in [0.1, 0.15) is 12.5 Å². The summed E-state index contributed by atoms with van der Waals surface area (Å²) >= 11 is 0. The van der Waals surface area contributed by atoms with Gasteiger partial charge in [0.15, 0.2) is 11.5 Å². The molecule has 0 bridgehead atoms. The normalized spacial score (nSPS) is 15.6. The van der Waals surface area contributed by atoms with E-state index < -0.39 is 11.8 Å². The van der Waals surface area contributed by atoms with Crippen LogP contribution in [0, 0.1) is 0 Å². The number of ether oxygens (including phenoxy) is 2. The van der Waals surface area contributed by atoms with Gasteiger partial charge in [-0.1, -0.05) is 12.1 Å². The molecule has 2 aliphatic heterocycles. The zero-order valence-electron chi connectivity index (χ0n) is 15.9. The van der Waals surface area contributed by atoms with Crippen LogP contribution in [0.3, 0.4) is 0 Å². The van der Waals surface area contributed by atoms with E-state index in [2.05, 4.69) is 10.6 Å². The molecule has 2 aromatic carbocycles. The number of nitrogens with one attached hydrogen (secondary N) is 2. The number of carbonyl (C=O) groups is 3. The van der Waals surface area contributed by atoms with Crippen LogP contribution in [-0.4, -0.2) is 42.9 Å². The smallest absolute Gasteiger partial charge is 0.277 e. The summed E-state index contributed by atoms with van der Waals surface area (Å²) in [6.07, 6.45) is 0. The second-order valence-corrected chi connectivity index (χ2v) is 6.66. The Hall–Kier alpha value is -3.81. The van der Waals surface area contributed by atoms with E-state index in [9.17, 15) is 14.4 Å². The van der Waals surface area contributed by atoms with Crippen LogP contribution >= 0.6 is 0 Å². The summed E-state index contributed by atoms with van der Waals surface area (Å²) in [5, 5.41) is 5.73. The summed E-state index contributed by atoms with van der Waals surface area (Å²) in [6, 6.07) is 12.0. The van der Waals surface area contributed by atoms with Crippen LogP contribution in [0.2, 0.25) is 0 Å². The standard InChI is InChI=1S/C21H19N3O5/c1-12(25)22-14-5-3-13(4-6-14)18-19(21(27)24(2)20(18)26)23-15-7-8-16-17(11-15)29-10-9-28-16/h3-8,11,23H,9-10H2,1-2H3,(H,22,25). The molecule has 0 unspecified atom stereocenters. The first-order valence-electron chi connectivity index (χ1n) is 9.05. The van der Waals surface area contributed by atoms with E-state index in [4.69, 9.17) is 9.47 Å². The summed E-state index contributed by atoms with van der Waals surface area (Å²) in [5.41, 5.74) is 2.23. The van der Waals surface area contributed by atoms with Crippen LogP contribution in [0.25, 0.3) is 5.57 Å². The molecule has 2 aromatic rings. The van der Waals surface area contributed by atoms with E-state index in [0.717, 1.165) is 4.90 Å².